The Bertz CT molecular complexity index is 920. The number of likely N-dealkylation sites (N-methyl/N-ethyl adjacent to an activating group) is 1. The largest absolute Gasteiger partial charge is 0.369 e. The van der Waals surface area contributed by atoms with Gasteiger partial charge >= 0.3 is 0 Å². The highest BCUT2D eigenvalue weighted by atomic mass is 15.2. The van der Waals surface area contributed by atoms with Crippen LogP contribution in [0.25, 0.3) is 21.9 Å². The summed E-state index contributed by atoms with van der Waals surface area (Å²) in [6.45, 7) is 2.04. The number of aromatic amines is 1. The smallest absolute Gasteiger partial charge is 0.141 e. The van der Waals surface area contributed by atoms with Crippen molar-refractivity contribution in [3.05, 3.63) is 30.2 Å². The number of H-pyrrole nitrogens is 1. The van der Waals surface area contributed by atoms with Gasteiger partial charge in [0.05, 0.1) is 17.1 Å². The highest BCUT2D eigenvalue weighted by Crippen LogP contribution is 2.34. The van der Waals surface area contributed by atoms with E-state index in [1.165, 1.54) is 5.69 Å². The van der Waals surface area contributed by atoms with Crippen molar-refractivity contribution >= 4 is 27.6 Å². The third-order valence-corrected chi connectivity index (χ3v) is 4.70. The van der Waals surface area contributed by atoms with Gasteiger partial charge in [0.15, 0.2) is 0 Å². The van der Waals surface area contributed by atoms with E-state index in [2.05, 4.69) is 51.0 Å². The fourth-order valence-electron chi connectivity index (χ4n) is 3.41. The Hall–Kier alpha value is -2.65. The summed E-state index contributed by atoms with van der Waals surface area (Å²) >= 11 is 0. The van der Waals surface area contributed by atoms with Crippen LogP contribution in [0.4, 0.5) is 5.69 Å². The molecule has 4 rings (SSSR count). The van der Waals surface area contributed by atoms with Gasteiger partial charge in [-0.2, -0.15) is 5.26 Å². The second-order valence-electron chi connectivity index (χ2n) is 6.26. The van der Waals surface area contributed by atoms with Crippen LogP contribution in [0.2, 0.25) is 0 Å². The van der Waals surface area contributed by atoms with Crippen molar-refractivity contribution in [3.8, 4) is 6.07 Å². The molecule has 1 saturated heterocycles. The molecule has 1 aliphatic rings. The molecule has 4 heterocycles. The van der Waals surface area contributed by atoms with Gasteiger partial charge in [0.2, 0.25) is 0 Å². The Morgan fingerprint density at radius 2 is 2.26 bits per heavy atom. The first-order valence-electron chi connectivity index (χ1n) is 7.75. The molecule has 0 aliphatic carbocycles. The lowest BCUT2D eigenvalue weighted by Crippen LogP contribution is -2.31. The predicted molar refractivity (Wildman–Crippen MR) is 90.4 cm³/mol. The van der Waals surface area contributed by atoms with Crippen molar-refractivity contribution in [2.75, 3.05) is 32.1 Å². The Balaban J connectivity index is 1.88. The highest BCUT2D eigenvalue weighted by molar-refractivity contribution is 6.12. The van der Waals surface area contributed by atoms with Crippen molar-refractivity contribution in [1.29, 1.82) is 5.26 Å². The second-order valence-corrected chi connectivity index (χ2v) is 6.26. The Labute approximate surface area is 134 Å². The lowest BCUT2D eigenvalue weighted by atomic mass is 10.1. The molecule has 0 bridgehead atoms. The van der Waals surface area contributed by atoms with Gasteiger partial charge in [-0.3, -0.25) is 0 Å². The number of nitrogens with zero attached hydrogens (tertiary/aromatic N) is 5. The van der Waals surface area contributed by atoms with Gasteiger partial charge in [0.1, 0.15) is 17.4 Å². The molecule has 6 heteroatoms. The molecule has 3 aromatic heterocycles. The third kappa shape index (κ3) is 2.21. The van der Waals surface area contributed by atoms with Crippen LogP contribution in [-0.2, 0) is 0 Å². The van der Waals surface area contributed by atoms with Crippen molar-refractivity contribution in [2.24, 2.45) is 0 Å². The van der Waals surface area contributed by atoms with Crippen LogP contribution in [0.15, 0.2) is 24.5 Å². The second kappa shape index (κ2) is 5.21. The van der Waals surface area contributed by atoms with Gasteiger partial charge in [-0.25, -0.2) is 9.97 Å². The zero-order valence-corrected chi connectivity index (χ0v) is 13.2. The van der Waals surface area contributed by atoms with Gasteiger partial charge in [-0.05, 0) is 32.6 Å². The van der Waals surface area contributed by atoms with E-state index in [1.807, 2.05) is 12.3 Å². The molecule has 0 spiro atoms. The number of nitriles is 1. The maximum atomic E-state index is 9.13. The van der Waals surface area contributed by atoms with Crippen LogP contribution >= 0.6 is 0 Å². The van der Waals surface area contributed by atoms with E-state index >= 15 is 0 Å². The molecular formula is C17H18N6. The maximum absolute atomic E-state index is 9.13. The van der Waals surface area contributed by atoms with Crippen molar-refractivity contribution in [2.45, 2.75) is 12.5 Å². The van der Waals surface area contributed by atoms with Gasteiger partial charge in [-0.15, -0.1) is 0 Å². The number of hydrogen-bond donors (Lipinski definition) is 1. The van der Waals surface area contributed by atoms with Crippen LogP contribution in [0, 0.1) is 11.3 Å². The van der Waals surface area contributed by atoms with E-state index in [0.29, 0.717) is 11.7 Å². The summed E-state index contributed by atoms with van der Waals surface area (Å²) in [6.07, 6.45) is 4.71. The van der Waals surface area contributed by atoms with Crippen molar-refractivity contribution in [1.82, 2.24) is 19.9 Å². The van der Waals surface area contributed by atoms with Crippen LogP contribution in [0.1, 0.15) is 12.1 Å². The third-order valence-electron chi connectivity index (χ3n) is 4.70. The topological polar surface area (TPSA) is 71.8 Å². The van der Waals surface area contributed by atoms with E-state index in [4.69, 9.17) is 5.26 Å². The van der Waals surface area contributed by atoms with E-state index in [9.17, 15) is 0 Å². The van der Waals surface area contributed by atoms with E-state index in [0.717, 1.165) is 41.4 Å². The molecule has 1 aliphatic heterocycles. The SMILES string of the molecule is CN(C)C1CCN(c2ccnc3[nH]c4cnc(C#N)cc4c23)C1. The summed E-state index contributed by atoms with van der Waals surface area (Å²) < 4.78 is 0. The minimum atomic E-state index is 0.431. The molecule has 23 heavy (non-hydrogen) atoms. The molecule has 0 radical (unpaired) electrons. The average Bonchev–Trinajstić information content (AvgIpc) is 3.18. The van der Waals surface area contributed by atoms with Crippen LogP contribution in [0.3, 0.4) is 0 Å². The Kier molecular flexibility index (Phi) is 3.17. The van der Waals surface area contributed by atoms with Gasteiger partial charge in [-0.1, -0.05) is 0 Å². The van der Waals surface area contributed by atoms with Crippen LogP contribution < -0.4 is 4.90 Å². The minimum Gasteiger partial charge on any atom is -0.369 e. The standard InChI is InChI=1S/C17H18N6/c1-22(2)12-4-6-23(10-12)15-3-5-19-17-16(15)13-7-11(8-18)20-9-14(13)21-17/h3,5,7,9,12H,4,6,10H2,1-2H3,(H,19,21). The lowest BCUT2D eigenvalue weighted by Gasteiger charge is -2.22. The normalized spacial score (nSPS) is 18.2. The van der Waals surface area contributed by atoms with Crippen molar-refractivity contribution in [3.63, 3.8) is 0 Å². The molecular weight excluding hydrogens is 288 g/mol. The van der Waals surface area contributed by atoms with Gasteiger partial charge < -0.3 is 14.8 Å². The first-order chi connectivity index (χ1) is 11.2. The van der Waals surface area contributed by atoms with Gasteiger partial charge in [0.25, 0.3) is 0 Å². The number of anilines is 1. The number of nitrogens with one attached hydrogen (secondary N) is 1. The zero-order chi connectivity index (χ0) is 16.0. The summed E-state index contributed by atoms with van der Waals surface area (Å²) in [4.78, 5) is 16.6. The summed E-state index contributed by atoms with van der Waals surface area (Å²) in [7, 11) is 4.26. The lowest BCUT2D eigenvalue weighted by molar-refractivity contribution is 0.315. The summed E-state index contributed by atoms with van der Waals surface area (Å²) in [6, 6.07) is 6.60. The number of aromatic nitrogens is 3. The molecule has 1 atom stereocenters. The first-order valence-corrected chi connectivity index (χ1v) is 7.75. The zero-order valence-electron chi connectivity index (χ0n) is 13.2. The van der Waals surface area contributed by atoms with E-state index < -0.39 is 0 Å². The molecule has 1 unspecified atom stereocenters. The summed E-state index contributed by atoms with van der Waals surface area (Å²) in [5.41, 5.74) is 3.38. The molecule has 1 fully saturated rings. The summed E-state index contributed by atoms with van der Waals surface area (Å²) in [5, 5.41) is 11.2. The van der Waals surface area contributed by atoms with E-state index in [1.54, 1.807) is 6.20 Å². The minimum absolute atomic E-state index is 0.431. The van der Waals surface area contributed by atoms with Crippen LogP contribution in [-0.4, -0.2) is 53.1 Å². The maximum Gasteiger partial charge on any atom is 0.141 e. The summed E-state index contributed by atoms with van der Waals surface area (Å²) in [5.74, 6) is 0. The van der Waals surface area contributed by atoms with Gasteiger partial charge in [0, 0.05) is 36.4 Å². The quantitative estimate of drug-likeness (QED) is 0.785. The number of hydrogen-bond acceptors (Lipinski definition) is 5. The van der Waals surface area contributed by atoms with E-state index in [-0.39, 0.29) is 0 Å². The molecule has 0 amide bonds. The van der Waals surface area contributed by atoms with Crippen molar-refractivity contribution < 1.29 is 0 Å². The molecule has 1 N–H and O–H groups in total. The predicted octanol–water partition coefficient (Wildman–Crippen LogP) is 2.12. The molecule has 0 saturated carbocycles. The number of pyridine rings is 2. The molecule has 0 aromatic carbocycles. The van der Waals surface area contributed by atoms with Crippen LogP contribution in [0.5, 0.6) is 0 Å². The average molecular weight is 306 g/mol. The number of rotatable bonds is 2. The molecule has 116 valence electrons. The first kappa shape index (κ1) is 14.0. The fraction of sp³-hybridized carbons (Fsp3) is 0.353. The molecule has 3 aromatic rings. The number of fused-ring (bicyclic) bond motifs is 3. The highest BCUT2D eigenvalue weighted by Gasteiger charge is 2.26. The fourth-order valence-corrected chi connectivity index (χ4v) is 3.41. The monoisotopic (exact) mass is 306 g/mol. The molecule has 6 nitrogen and oxygen atoms in total. The Morgan fingerprint density at radius 3 is 3.00 bits per heavy atom. The Morgan fingerprint density at radius 1 is 1.39 bits per heavy atom.